The lowest BCUT2D eigenvalue weighted by Crippen LogP contribution is -2.38. The lowest BCUT2D eigenvalue weighted by molar-refractivity contribution is -0.121. The quantitative estimate of drug-likeness (QED) is 0.528. The molecule has 1 aliphatic rings. The molecule has 82 valence electrons. The van der Waals surface area contributed by atoms with Crippen LogP contribution in [0.4, 0.5) is 0 Å². The van der Waals surface area contributed by atoms with E-state index in [9.17, 15) is 4.79 Å². The molecule has 0 aromatic carbocycles. The minimum absolute atomic E-state index is 0.111. The van der Waals surface area contributed by atoms with Crippen LogP contribution in [-0.4, -0.2) is 30.2 Å². The van der Waals surface area contributed by atoms with Gasteiger partial charge in [-0.3, -0.25) is 4.79 Å². The van der Waals surface area contributed by atoms with E-state index in [-0.39, 0.29) is 12.0 Å². The second kappa shape index (κ2) is 5.98. The molecule has 0 aliphatic heterocycles. The van der Waals surface area contributed by atoms with Gasteiger partial charge in [0.05, 0.1) is 6.10 Å². The van der Waals surface area contributed by atoms with E-state index in [0.29, 0.717) is 18.9 Å². The molecule has 0 spiro atoms. The number of carbonyl (C=O) groups is 1. The highest BCUT2D eigenvalue weighted by Gasteiger charge is 2.26. The van der Waals surface area contributed by atoms with Gasteiger partial charge in [0, 0.05) is 13.0 Å². The summed E-state index contributed by atoms with van der Waals surface area (Å²) in [4.78, 5) is 11.2. The number of amides is 1. The fourth-order valence-corrected chi connectivity index (χ4v) is 1.64. The predicted octanol–water partition coefficient (Wildman–Crippen LogP) is 0.00250. The van der Waals surface area contributed by atoms with E-state index in [4.69, 9.17) is 10.8 Å². The van der Waals surface area contributed by atoms with Crippen LogP contribution in [0.15, 0.2) is 0 Å². The highest BCUT2D eigenvalue weighted by atomic mass is 16.3. The van der Waals surface area contributed by atoms with Gasteiger partial charge < -0.3 is 16.2 Å². The second-order valence-electron chi connectivity index (χ2n) is 4.04. The minimum Gasteiger partial charge on any atom is -0.393 e. The molecule has 0 atom stereocenters. The standard InChI is InChI=1S/C10H20N2O2/c11-4-2-1-3-10(14)12-7-8-5-9(13)6-8/h8-9,13H,1-7,11H2,(H,12,14). The first kappa shape index (κ1) is 11.5. The van der Waals surface area contributed by atoms with Crippen molar-refractivity contribution in [3.05, 3.63) is 0 Å². The lowest BCUT2D eigenvalue weighted by Gasteiger charge is -2.31. The molecule has 1 amide bonds. The number of rotatable bonds is 6. The van der Waals surface area contributed by atoms with Crippen LogP contribution in [0.1, 0.15) is 32.1 Å². The van der Waals surface area contributed by atoms with Crippen LogP contribution in [-0.2, 0) is 4.79 Å². The third-order valence-electron chi connectivity index (χ3n) is 2.66. The van der Waals surface area contributed by atoms with Gasteiger partial charge in [-0.05, 0) is 38.1 Å². The van der Waals surface area contributed by atoms with E-state index in [1.165, 1.54) is 0 Å². The number of nitrogens with two attached hydrogens (primary N) is 1. The number of hydrogen-bond donors (Lipinski definition) is 3. The van der Waals surface area contributed by atoms with Crippen molar-refractivity contribution in [2.45, 2.75) is 38.2 Å². The number of hydrogen-bond acceptors (Lipinski definition) is 3. The van der Waals surface area contributed by atoms with E-state index in [0.717, 1.165) is 32.2 Å². The Bertz CT molecular complexity index is 179. The zero-order valence-electron chi connectivity index (χ0n) is 8.54. The van der Waals surface area contributed by atoms with Crippen molar-refractivity contribution in [1.82, 2.24) is 5.32 Å². The van der Waals surface area contributed by atoms with E-state index in [1.54, 1.807) is 0 Å². The molecular weight excluding hydrogens is 180 g/mol. The molecule has 0 saturated heterocycles. The number of nitrogens with one attached hydrogen (secondary N) is 1. The average molecular weight is 200 g/mol. The molecule has 0 unspecified atom stereocenters. The van der Waals surface area contributed by atoms with Gasteiger partial charge in [0.1, 0.15) is 0 Å². The Morgan fingerprint density at radius 3 is 2.71 bits per heavy atom. The molecule has 0 aromatic rings. The number of aliphatic hydroxyl groups excluding tert-OH is 1. The molecule has 1 rings (SSSR count). The summed E-state index contributed by atoms with van der Waals surface area (Å²) in [5, 5.41) is 11.9. The Labute approximate surface area is 84.9 Å². The Balaban J connectivity index is 1.93. The maximum absolute atomic E-state index is 11.2. The van der Waals surface area contributed by atoms with Crippen LogP contribution in [0.3, 0.4) is 0 Å². The molecular formula is C10H20N2O2. The van der Waals surface area contributed by atoms with Crippen LogP contribution >= 0.6 is 0 Å². The number of unbranched alkanes of at least 4 members (excludes halogenated alkanes) is 1. The Kier molecular flexibility index (Phi) is 4.90. The molecule has 0 heterocycles. The fourth-order valence-electron chi connectivity index (χ4n) is 1.64. The average Bonchev–Trinajstić information content (AvgIpc) is 2.11. The SMILES string of the molecule is NCCCCC(=O)NCC1CC(O)C1. The van der Waals surface area contributed by atoms with Gasteiger partial charge in [-0.1, -0.05) is 0 Å². The van der Waals surface area contributed by atoms with Crippen LogP contribution in [0.2, 0.25) is 0 Å². The third-order valence-corrected chi connectivity index (χ3v) is 2.66. The molecule has 4 nitrogen and oxygen atoms in total. The number of carbonyl (C=O) groups excluding carboxylic acids is 1. The Morgan fingerprint density at radius 2 is 2.14 bits per heavy atom. The lowest BCUT2D eigenvalue weighted by atomic mass is 9.82. The van der Waals surface area contributed by atoms with Crippen molar-refractivity contribution < 1.29 is 9.90 Å². The van der Waals surface area contributed by atoms with Crippen molar-refractivity contribution in [3.63, 3.8) is 0 Å². The summed E-state index contributed by atoms with van der Waals surface area (Å²) in [6.07, 6.45) is 3.90. The first-order chi connectivity index (χ1) is 6.72. The largest absolute Gasteiger partial charge is 0.393 e. The van der Waals surface area contributed by atoms with Crippen molar-refractivity contribution in [1.29, 1.82) is 0 Å². The maximum Gasteiger partial charge on any atom is 0.220 e. The summed E-state index contributed by atoms with van der Waals surface area (Å²) in [6.45, 7) is 1.38. The summed E-state index contributed by atoms with van der Waals surface area (Å²) in [5.74, 6) is 0.600. The number of aliphatic hydroxyl groups is 1. The monoisotopic (exact) mass is 200 g/mol. The van der Waals surface area contributed by atoms with Crippen molar-refractivity contribution in [2.75, 3.05) is 13.1 Å². The van der Waals surface area contributed by atoms with Crippen molar-refractivity contribution in [2.24, 2.45) is 11.7 Å². The molecule has 1 aliphatic carbocycles. The van der Waals surface area contributed by atoms with Gasteiger partial charge in [0.25, 0.3) is 0 Å². The van der Waals surface area contributed by atoms with E-state index in [1.807, 2.05) is 0 Å². The van der Waals surface area contributed by atoms with E-state index in [2.05, 4.69) is 5.32 Å². The van der Waals surface area contributed by atoms with Gasteiger partial charge in [-0.25, -0.2) is 0 Å². The van der Waals surface area contributed by atoms with E-state index >= 15 is 0 Å². The highest BCUT2D eigenvalue weighted by molar-refractivity contribution is 5.75. The Hall–Kier alpha value is -0.610. The summed E-state index contributed by atoms with van der Waals surface area (Å²) in [6, 6.07) is 0. The van der Waals surface area contributed by atoms with Crippen LogP contribution in [0.25, 0.3) is 0 Å². The molecule has 1 fully saturated rings. The maximum atomic E-state index is 11.2. The molecule has 1 saturated carbocycles. The smallest absolute Gasteiger partial charge is 0.220 e. The summed E-state index contributed by atoms with van der Waals surface area (Å²) in [7, 11) is 0. The molecule has 14 heavy (non-hydrogen) atoms. The van der Waals surface area contributed by atoms with Gasteiger partial charge in [-0.2, -0.15) is 0 Å². The Morgan fingerprint density at radius 1 is 1.43 bits per heavy atom. The van der Waals surface area contributed by atoms with Gasteiger partial charge in [0.15, 0.2) is 0 Å². The van der Waals surface area contributed by atoms with Gasteiger partial charge in [-0.15, -0.1) is 0 Å². The zero-order valence-corrected chi connectivity index (χ0v) is 8.54. The molecule has 0 radical (unpaired) electrons. The minimum atomic E-state index is -0.130. The summed E-state index contributed by atoms with van der Waals surface area (Å²) in [5.41, 5.74) is 5.32. The molecule has 4 heteroatoms. The van der Waals surface area contributed by atoms with Crippen molar-refractivity contribution in [3.8, 4) is 0 Å². The second-order valence-corrected chi connectivity index (χ2v) is 4.04. The molecule has 4 N–H and O–H groups in total. The summed E-state index contributed by atoms with van der Waals surface area (Å²) >= 11 is 0. The van der Waals surface area contributed by atoms with Gasteiger partial charge in [0.2, 0.25) is 5.91 Å². The highest BCUT2D eigenvalue weighted by Crippen LogP contribution is 2.25. The topological polar surface area (TPSA) is 75.4 Å². The van der Waals surface area contributed by atoms with Crippen LogP contribution < -0.4 is 11.1 Å². The molecule has 0 bridgehead atoms. The predicted molar refractivity (Wildman–Crippen MR) is 54.6 cm³/mol. The van der Waals surface area contributed by atoms with E-state index < -0.39 is 0 Å². The first-order valence-corrected chi connectivity index (χ1v) is 5.37. The van der Waals surface area contributed by atoms with Gasteiger partial charge >= 0.3 is 0 Å². The normalized spacial score (nSPS) is 25.6. The first-order valence-electron chi connectivity index (χ1n) is 5.37. The van der Waals surface area contributed by atoms with Crippen LogP contribution in [0, 0.1) is 5.92 Å². The summed E-state index contributed by atoms with van der Waals surface area (Å²) < 4.78 is 0. The fraction of sp³-hybridized carbons (Fsp3) is 0.900. The van der Waals surface area contributed by atoms with Crippen molar-refractivity contribution >= 4 is 5.91 Å². The molecule has 0 aromatic heterocycles. The van der Waals surface area contributed by atoms with Crippen LogP contribution in [0.5, 0.6) is 0 Å². The zero-order chi connectivity index (χ0) is 10.4. The third kappa shape index (κ3) is 4.07.